The summed E-state index contributed by atoms with van der Waals surface area (Å²) in [6.45, 7) is 6.27. The lowest BCUT2D eigenvalue weighted by Gasteiger charge is -2.24. The van der Waals surface area contributed by atoms with E-state index in [0.717, 1.165) is 11.3 Å². The maximum atomic E-state index is 5.74. The molecule has 112 valence electrons. The number of likely N-dealkylation sites (N-methyl/N-ethyl adjacent to an activating group) is 1. The molecule has 0 aliphatic carbocycles. The highest BCUT2D eigenvalue weighted by Crippen LogP contribution is 2.31. The minimum absolute atomic E-state index is 0.154. The van der Waals surface area contributed by atoms with Gasteiger partial charge in [0.2, 0.25) is 0 Å². The van der Waals surface area contributed by atoms with Crippen molar-refractivity contribution in [2.24, 2.45) is 0 Å². The first-order valence-corrected chi connectivity index (χ1v) is 7.45. The first kappa shape index (κ1) is 15.5. The summed E-state index contributed by atoms with van der Waals surface area (Å²) in [5.74, 6) is 1.18. The van der Waals surface area contributed by atoms with Crippen LogP contribution in [0.25, 0.3) is 0 Å². The Morgan fingerprint density at radius 3 is 2.33 bits per heavy atom. The van der Waals surface area contributed by atoms with E-state index in [4.69, 9.17) is 4.74 Å². The van der Waals surface area contributed by atoms with E-state index in [1.165, 1.54) is 5.56 Å². The van der Waals surface area contributed by atoms with E-state index in [2.05, 4.69) is 47.6 Å². The molecule has 0 fully saturated rings. The van der Waals surface area contributed by atoms with E-state index in [0.29, 0.717) is 5.92 Å². The van der Waals surface area contributed by atoms with Crippen molar-refractivity contribution in [2.45, 2.75) is 38.8 Å². The van der Waals surface area contributed by atoms with Gasteiger partial charge in [0, 0.05) is 18.2 Å². The Morgan fingerprint density at radius 2 is 1.71 bits per heavy atom. The molecule has 1 heterocycles. The molecule has 2 rings (SSSR count). The molecule has 3 nitrogen and oxygen atoms in total. The number of rotatable bonds is 6. The van der Waals surface area contributed by atoms with Crippen LogP contribution in [0.15, 0.2) is 48.8 Å². The molecule has 0 amide bonds. The Bertz CT molecular complexity index is 554. The largest absolute Gasteiger partial charge is 0.489 e. The van der Waals surface area contributed by atoms with Gasteiger partial charge in [-0.05, 0) is 38.1 Å². The number of nitrogens with one attached hydrogen (secondary N) is 1. The van der Waals surface area contributed by atoms with E-state index in [1.54, 1.807) is 6.20 Å². The lowest BCUT2D eigenvalue weighted by molar-refractivity contribution is 0.241. The van der Waals surface area contributed by atoms with Gasteiger partial charge in [-0.15, -0.1) is 0 Å². The number of hydrogen-bond donors (Lipinski definition) is 1. The van der Waals surface area contributed by atoms with Crippen LogP contribution in [0.5, 0.6) is 5.75 Å². The summed E-state index contributed by atoms with van der Waals surface area (Å²) >= 11 is 0. The lowest BCUT2D eigenvalue weighted by atomic mass is 9.89. The normalized spacial score (nSPS) is 14.0. The quantitative estimate of drug-likeness (QED) is 0.872. The van der Waals surface area contributed by atoms with E-state index < -0.39 is 0 Å². The lowest BCUT2D eigenvalue weighted by Crippen LogP contribution is -2.22. The number of hydrogen-bond acceptors (Lipinski definition) is 3. The highest BCUT2D eigenvalue weighted by Gasteiger charge is 2.20. The van der Waals surface area contributed by atoms with Crippen LogP contribution < -0.4 is 10.1 Å². The van der Waals surface area contributed by atoms with Crippen molar-refractivity contribution in [2.75, 3.05) is 7.05 Å². The molecule has 1 aromatic carbocycles. The van der Waals surface area contributed by atoms with Crippen molar-refractivity contribution in [3.63, 3.8) is 0 Å². The third-order valence-electron chi connectivity index (χ3n) is 3.60. The number of pyridine rings is 1. The van der Waals surface area contributed by atoms with Crippen LogP contribution in [0.1, 0.15) is 43.9 Å². The van der Waals surface area contributed by atoms with E-state index >= 15 is 0 Å². The molecule has 0 saturated heterocycles. The van der Waals surface area contributed by atoms with Crippen LogP contribution in [0.3, 0.4) is 0 Å². The Kier molecular flexibility index (Phi) is 5.34. The second-order valence-electron chi connectivity index (χ2n) is 5.59. The van der Waals surface area contributed by atoms with Crippen LogP contribution in [0.2, 0.25) is 0 Å². The predicted molar refractivity (Wildman–Crippen MR) is 86.7 cm³/mol. The summed E-state index contributed by atoms with van der Waals surface area (Å²) in [7, 11) is 1.99. The van der Waals surface area contributed by atoms with Crippen molar-refractivity contribution in [1.82, 2.24) is 10.3 Å². The Labute approximate surface area is 127 Å². The summed E-state index contributed by atoms with van der Waals surface area (Å²) in [5, 5.41) is 3.40. The van der Waals surface area contributed by atoms with Gasteiger partial charge in [0.15, 0.2) is 0 Å². The minimum atomic E-state index is 0.154. The summed E-state index contributed by atoms with van der Waals surface area (Å²) in [4.78, 5) is 4.32. The summed E-state index contributed by atoms with van der Waals surface area (Å²) in [6, 6.07) is 12.8. The standard InChI is InChI=1S/C18H24N2O/c1-13(2)21-17-10-16(11-20-12-17)18(19-4)14(3)15-8-6-5-7-9-15/h5-14,18-19H,1-4H3. The van der Waals surface area contributed by atoms with Crippen molar-refractivity contribution >= 4 is 0 Å². The van der Waals surface area contributed by atoms with Gasteiger partial charge in [-0.2, -0.15) is 0 Å². The SMILES string of the molecule is CNC(c1cncc(OC(C)C)c1)C(C)c1ccccc1. The zero-order valence-corrected chi connectivity index (χ0v) is 13.2. The Morgan fingerprint density at radius 1 is 1.00 bits per heavy atom. The molecular formula is C18H24N2O. The average Bonchev–Trinajstić information content (AvgIpc) is 2.48. The predicted octanol–water partition coefficient (Wildman–Crippen LogP) is 3.93. The van der Waals surface area contributed by atoms with Crippen molar-refractivity contribution < 1.29 is 4.74 Å². The molecule has 21 heavy (non-hydrogen) atoms. The topological polar surface area (TPSA) is 34.2 Å². The third-order valence-corrected chi connectivity index (χ3v) is 3.60. The third kappa shape index (κ3) is 4.05. The molecule has 1 N–H and O–H groups in total. The van der Waals surface area contributed by atoms with E-state index in [9.17, 15) is 0 Å². The number of ether oxygens (including phenoxy) is 1. The van der Waals surface area contributed by atoms with Gasteiger partial charge >= 0.3 is 0 Å². The number of aromatic nitrogens is 1. The van der Waals surface area contributed by atoms with Crippen LogP contribution >= 0.6 is 0 Å². The number of nitrogens with zero attached hydrogens (tertiary/aromatic N) is 1. The molecular weight excluding hydrogens is 260 g/mol. The summed E-state index contributed by atoms with van der Waals surface area (Å²) in [6.07, 6.45) is 3.83. The molecule has 0 aliphatic rings. The molecule has 2 unspecified atom stereocenters. The van der Waals surface area contributed by atoms with Crippen molar-refractivity contribution in [3.05, 3.63) is 59.9 Å². The van der Waals surface area contributed by atoms with Crippen LogP contribution in [0.4, 0.5) is 0 Å². The molecule has 2 aromatic rings. The van der Waals surface area contributed by atoms with Gasteiger partial charge < -0.3 is 10.1 Å². The van der Waals surface area contributed by atoms with Gasteiger partial charge in [0.25, 0.3) is 0 Å². The summed E-state index contributed by atoms with van der Waals surface area (Å²) in [5.41, 5.74) is 2.46. The fourth-order valence-corrected chi connectivity index (χ4v) is 2.60. The Balaban J connectivity index is 2.25. The molecule has 2 atom stereocenters. The average molecular weight is 284 g/mol. The molecule has 0 radical (unpaired) electrons. The fraction of sp³-hybridized carbons (Fsp3) is 0.389. The van der Waals surface area contributed by atoms with Crippen molar-refractivity contribution in [1.29, 1.82) is 0 Å². The zero-order chi connectivity index (χ0) is 15.2. The van der Waals surface area contributed by atoms with Gasteiger partial charge in [-0.1, -0.05) is 37.3 Å². The fourth-order valence-electron chi connectivity index (χ4n) is 2.60. The molecule has 3 heteroatoms. The molecule has 0 bridgehead atoms. The maximum Gasteiger partial charge on any atom is 0.138 e. The smallest absolute Gasteiger partial charge is 0.138 e. The van der Waals surface area contributed by atoms with Gasteiger partial charge in [-0.3, -0.25) is 4.98 Å². The van der Waals surface area contributed by atoms with Crippen molar-refractivity contribution in [3.8, 4) is 5.75 Å². The van der Waals surface area contributed by atoms with Crippen LogP contribution in [-0.2, 0) is 0 Å². The van der Waals surface area contributed by atoms with Gasteiger partial charge in [0.05, 0.1) is 12.3 Å². The van der Waals surface area contributed by atoms with Crippen LogP contribution in [-0.4, -0.2) is 18.1 Å². The second-order valence-corrected chi connectivity index (χ2v) is 5.59. The molecule has 1 aromatic heterocycles. The molecule has 0 aliphatic heterocycles. The summed E-state index contributed by atoms with van der Waals surface area (Å²) < 4.78 is 5.74. The van der Waals surface area contributed by atoms with Crippen LogP contribution in [0, 0.1) is 0 Å². The first-order valence-electron chi connectivity index (χ1n) is 7.45. The maximum absolute atomic E-state index is 5.74. The first-order chi connectivity index (χ1) is 10.1. The molecule has 0 saturated carbocycles. The Hall–Kier alpha value is -1.87. The van der Waals surface area contributed by atoms with Gasteiger partial charge in [0.1, 0.15) is 5.75 Å². The monoisotopic (exact) mass is 284 g/mol. The van der Waals surface area contributed by atoms with Gasteiger partial charge in [-0.25, -0.2) is 0 Å². The van der Waals surface area contributed by atoms with E-state index in [1.807, 2.05) is 33.2 Å². The highest BCUT2D eigenvalue weighted by molar-refractivity contribution is 5.30. The zero-order valence-electron chi connectivity index (χ0n) is 13.2. The highest BCUT2D eigenvalue weighted by atomic mass is 16.5. The minimum Gasteiger partial charge on any atom is -0.489 e. The van der Waals surface area contributed by atoms with E-state index in [-0.39, 0.29) is 12.1 Å². The molecule has 0 spiro atoms. The number of benzene rings is 1. The second kappa shape index (κ2) is 7.23.